The minimum absolute atomic E-state index is 0.264. The third-order valence-electron chi connectivity index (χ3n) is 3.31. The summed E-state index contributed by atoms with van der Waals surface area (Å²) in [6.07, 6.45) is -4.74. The topological polar surface area (TPSA) is 41.1 Å². The lowest BCUT2D eigenvalue weighted by Gasteiger charge is -2.22. The molecule has 0 radical (unpaired) electrons. The monoisotopic (exact) mass is 322 g/mol. The molecule has 23 heavy (non-hydrogen) atoms. The van der Waals surface area contributed by atoms with Crippen LogP contribution in [0, 0.1) is 6.92 Å². The summed E-state index contributed by atoms with van der Waals surface area (Å²) in [5.74, 6) is -0.607. The number of carbonyl (C=O) groups excluding carboxylic acids is 1. The van der Waals surface area contributed by atoms with E-state index in [1.807, 2.05) is 13.0 Å². The molecule has 122 valence electrons. The van der Waals surface area contributed by atoms with Crippen LogP contribution in [0.4, 0.5) is 13.2 Å². The molecule has 0 bridgehead atoms. The highest BCUT2D eigenvalue weighted by molar-refractivity contribution is 5.93. The summed E-state index contributed by atoms with van der Waals surface area (Å²) in [6, 6.07) is 13.0. The van der Waals surface area contributed by atoms with Crippen LogP contribution in [-0.4, -0.2) is 18.1 Å². The van der Waals surface area contributed by atoms with Gasteiger partial charge in [-0.1, -0.05) is 48.0 Å². The van der Waals surface area contributed by atoms with Crippen molar-refractivity contribution in [1.29, 1.82) is 0 Å². The number of alkyl halides is 3. The zero-order valence-corrected chi connectivity index (χ0v) is 12.5. The fraction of sp³-hybridized carbons (Fsp3) is 0.235. The third-order valence-corrected chi connectivity index (χ3v) is 3.31. The van der Waals surface area contributed by atoms with Crippen LogP contribution in [-0.2, 0) is 6.42 Å². The smallest absolute Gasteiger partial charge is 0.287 e. The van der Waals surface area contributed by atoms with E-state index in [0.29, 0.717) is 5.56 Å². The van der Waals surface area contributed by atoms with Crippen molar-refractivity contribution in [3.63, 3.8) is 0 Å². The van der Waals surface area contributed by atoms with Gasteiger partial charge in [0, 0.05) is 5.56 Å². The first-order valence-electron chi connectivity index (χ1n) is 7.09. The van der Waals surface area contributed by atoms with Gasteiger partial charge in [-0.25, -0.2) is 5.43 Å². The molecule has 0 aliphatic heterocycles. The van der Waals surface area contributed by atoms with Crippen LogP contribution < -0.4 is 10.9 Å². The Morgan fingerprint density at radius 3 is 2.39 bits per heavy atom. The van der Waals surface area contributed by atoms with Gasteiger partial charge in [0.1, 0.15) is 6.04 Å². The molecule has 2 N–H and O–H groups in total. The molecule has 2 rings (SSSR count). The molecule has 0 heterocycles. The molecule has 1 amide bonds. The van der Waals surface area contributed by atoms with Gasteiger partial charge in [0.05, 0.1) is 0 Å². The minimum Gasteiger partial charge on any atom is -0.287 e. The second-order valence-corrected chi connectivity index (χ2v) is 5.25. The van der Waals surface area contributed by atoms with Crippen LogP contribution in [0.2, 0.25) is 0 Å². The maximum absolute atomic E-state index is 13.1. The predicted octanol–water partition coefficient (Wildman–Crippen LogP) is 3.40. The Balaban J connectivity index is 2.03. The van der Waals surface area contributed by atoms with Crippen LogP contribution in [0.5, 0.6) is 0 Å². The standard InChI is InChI=1S/C17H17F3N2O/c1-12-6-5-7-13(10-12)11-15(17(18,19)20)21-22-16(23)14-8-3-2-4-9-14/h2-10,15,21H,11H2,1H3,(H,22,23)/t15-/m1/s1. The summed E-state index contributed by atoms with van der Waals surface area (Å²) in [5, 5.41) is 0. The van der Waals surface area contributed by atoms with Crippen molar-refractivity contribution < 1.29 is 18.0 Å². The molecular weight excluding hydrogens is 305 g/mol. The van der Waals surface area contributed by atoms with Crippen LogP contribution in [0.25, 0.3) is 0 Å². The molecule has 3 nitrogen and oxygen atoms in total. The van der Waals surface area contributed by atoms with Crippen LogP contribution >= 0.6 is 0 Å². The van der Waals surface area contributed by atoms with E-state index in [0.717, 1.165) is 5.56 Å². The van der Waals surface area contributed by atoms with Crippen molar-refractivity contribution in [2.75, 3.05) is 0 Å². The van der Waals surface area contributed by atoms with Crippen molar-refractivity contribution in [2.24, 2.45) is 0 Å². The highest BCUT2D eigenvalue weighted by Crippen LogP contribution is 2.23. The summed E-state index contributed by atoms with van der Waals surface area (Å²) in [4.78, 5) is 11.8. The van der Waals surface area contributed by atoms with E-state index in [2.05, 4.69) is 10.9 Å². The summed E-state index contributed by atoms with van der Waals surface area (Å²) in [7, 11) is 0. The number of hydrogen-bond acceptors (Lipinski definition) is 2. The predicted molar refractivity (Wildman–Crippen MR) is 81.8 cm³/mol. The van der Waals surface area contributed by atoms with Gasteiger partial charge in [-0.05, 0) is 31.0 Å². The van der Waals surface area contributed by atoms with Gasteiger partial charge in [-0.3, -0.25) is 10.2 Å². The van der Waals surface area contributed by atoms with Crippen LogP contribution in [0.15, 0.2) is 54.6 Å². The second kappa shape index (κ2) is 7.28. The van der Waals surface area contributed by atoms with Gasteiger partial charge in [-0.15, -0.1) is 0 Å². The number of carbonyl (C=O) groups is 1. The molecule has 0 aromatic heterocycles. The van der Waals surface area contributed by atoms with Crippen molar-refractivity contribution in [3.8, 4) is 0 Å². The Bertz CT molecular complexity index is 656. The molecule has 0 aliphatic rings. The lowest BCUT2D eigenvalue weighted by Crippen LogP contribution is -2.52. The van der Waals surface area contributed by atoms with E-state index < -0.39 is 18.1 Å². The number of benzene rings is 2. The third kappa shape index (κ3) is 5.10. The fourth-order valence-electron chi connectivity index (χ4n) is 2.14. The first-order valence-corrected chi connectivity index (χ1v) is 7.09. The molecule has 6 heteroatoms. The van der Waals surface area contributed by atoms with Crippen molar-refractivity contribution >= 4 is 5.91 Å². The number of nitrogens with one attached hydrogen (secondary N) is 2. The molecule has 0 saturated carbocycles. The Morgan fingerprint density at radius 1 is 1.09 bits per heavy atom. The van der Waals surface area contributed by atoms with Gasteiger partial charge in [0.25, 0.3) is 5.91 Å². The Morgan fingerprint density at radius 2 is 1.78 bits per heavy atom. The first-order chi connectivity index (χ1) is 10.9. The van der Waals surface area contributed by atoms with E-state index in [1.165, 1.54) is 12.1 Å². The highest BCUT2D eigenvalue weighted by atomic mass is 19.4. The molecule has 1 atom stereocenters. The van der Waals surface area contributed by atoms with Gasteiger partial charge >= 0.3 is 6.18 Å². The van der Waals surface area contributed by atoms with Crippen molar-refractivity contribution in [2.45, 2.75) is 25.6 Å². The largest absolute Gasteiger partial charge is 0.405 e. The summed E-state index contributed by atoms with van der Waals surface area (Å²) in [6.45, 7) is 1.82. The lowest BCUT2D eigenvalue weighted by atomic mass is 10.0. The van der Waals surface area contributed by atoms with E-state index in [4.69, 9.17) is 0 Å². The SMILES string of the molecule is Cc1cccc(C[C@@H](NNC(=O)c2ccccc2)C(F)(F)F)c1. The molecule has 0 aliphatic carbocycles. The zero-order chi connectivity index (χ0) is 16.9. The maximum Gasteiger partial charge on any atom is 0.405 e. The van der Waals surface area contributed by atoms with E-state index >= 15 is 0 Å². The van der Waals surface area contributed by atoms with E-state index in [9.17, 15) is 18.0 Å². The Kier molecular flexibility index (Phi) is 5.39. The first kappa shape index (κ1) is 17.0. The number of hydrogen-bond donors (Lipinski definition) is 2. The Hall–Kier alpha value is -2.34. The van der Waals surface area contributed by atoms with Gasteiger partial charge < -0.3 is 0 Å². The second-order valence-electron chi connectivity index (χ2n) is 5.25. The Labute approximate surface area is 132 Å². The number of hydrazine groups is 1. The quantitative estimate of drug-likeness (QED) is 0.829. The molecule has 2 aromatic rings. The molecule has 0 saturated heterocycles. The van der Waals surface area contributed by atoms with E-state index in [1.54, 1.807) is 36.4 Å². The van der Waals surface area contributed by atoms with Crippen molar-refractivity contribution in [3.05, 3.63) is 71.3 Å². The molecule has 0 fully saturated rings. The van der Waals surface area contributed by atoms with Gasteiger partial charge in [0.2, 0.25) is 0 Å². The van der Waals surface area contributed by atoms with Gasteiger partial charge in [0.15, 0.2) is 0 Å². The molecule has 0 unspecified atom stereocenters. The minimum atomic E-state index is -4.48. The average molecular weight is 322 g/mol. The number of amides is 1. The van der Waals surface area contributed by atoms with Gasteiger partial charge in [-0.2, -0.15) is 13.2 Å². The number of aryl methyl sites for hydroxylation is 1. The van der Waals surface area contributed by atoms with E-state index in [-0.39, 0.29) is 12.0 Å². The van der Waals surface area contributed by atoms with Crippen LogP contribution in [0.3, 0.4) is 0 Å². The summed E-state index contributed by atoms with van der Waals surface area (Å²) < 4.78 is 39.4. The van der Waals surface area contributed by atoms with Crippen molar-refractivity contribution in [1.82, 2.24) is 10.9 Å². The van der Waals surface area contributed by atoms with Crippen LogP contribution in [0.1, 0.15) is 21.5 Å². The maximum atomic E-state index is 13.1. The number of halogens is 3. The molecule has 2 aromatic carbocycles. The summed E-state index contributed by atoms with van der Waals surface area (Å²) >= 11 is 0. The summed E-state index contributed by atoms with van der Waals surface area (Å²) in [5.41, 5.74) is 5.96. The molecule has 0 spiro atoms. The number of rotatable bonds is 5. The highest BCUT2D eigenvalue weighted by Gasteiger charge is 2.39. The average Bonchev–Trinajstić information content (AvgIpc) is 2.51. The lowest BCUT2D eigenvalue weighted by molar-refractivity contribution is -0.157. The fourth-order valence-corrected chi connectivity index (χ4v) is 2.14. The normalized spacial score (nSPS) is 12.7. The zero-order valence-electron chi connectivity index (χ0n) is 12.5. The molecular formula is C17H17F3N2O.